The Hall–Kier alpha value is -1.20. The van der Waals surface area contributed by atoms with Gasteiger partial charge < -0.3 is 5.32 Å². The molecule has 1 N–H and O–H groups in total. The van der Waals surface area contributed by atoms with Gasteiger partial charge in [0.1, 0.15) is 0 Å². The zero-order valence-electron chi connectivity index (χ0n) is 11.2. The molecule has 0 amide bonds. The number of nitrogens with one attached hydrogen (secondary N) is 1. The third-order valence-corrected chi connectivity index (χ3v) is 3.76. The van der Waals surface area contributed by atoms with E-state index >= 15 is 0 Å². The largest absolute Gasteiger partial charge is 0.308 e. The summed E-state index contributed by atoms with van der Waals surface area (Å²) in [5.41, 5.74) is 2.38. The van der Waals surface area contributed by atoms with E-state index in [4.69, 9.17) is 0 Å². The van der Waals surface area contributed by atoms with Crippen molar-refractivity contribution in [1.82, 2.24) is 20.1 Å². The molecule has 2 heterocycles. The van der Waals surface area contributed by atoms with Crippen molar-refractivity contribution >= 4 is 11.3 Å². The highest BCUT2D eigenvalue weighted by Crippen LogP contribution is 2.19. The van der Waals surface area contributed by atoms with Gasteiger partial charge in [0.05, 0.1) is 22.4 Å². The molecule has 0 aliphatic heterocycles. The normalized spacial score (nSPS) is 12.8. The molecule has 5 heteroatoms. The molecule has 18 heavy (non-hydrogen) atoms. The second-order valence-electron chi connectivity index (χ2n) is 4.45. The Kier molecular flexibility index (Phi) is 4.49. The van der Waals surface area contributed by atoms with Crippen LogP contribution in [-0.4, -0.2) is 21.3 Å². The molecule has 1 atom stereocenters. The van der Waals surface area contributed by atoms with Crippen molar-refractivity contribution in [2.45, 2.75) is 32.7 Å². The number of nitrogens with zero attached hydrogens (tertiary/aromatic N) is 3. The van der Waals surface area contributed by atoms with Crippen molar-refractivity contribution in [2.24, 2.45) is 7.05 Å². The third-order valence-electron chi connectivity index (χ3n) is 2.94. The van der Waals surface area contributed by atoms with Gasteiger partial charge in [-0.15, -0.1) is 11.3 Å². The summed E-state index contributed by atoms with van der Waals surface area (Å²) in [6.45, 7) is 5.24. The Bertz CT molecular complexity index is 489. The van der Waals surface area contributed by atoms with Gasteiger partial charge in [-0.3, -0.25) is 4.68 Å². The molecule has 0 radical (unpaired) electrons. The van der Waals surface area contributed by atoms with Gasteiger partial charge in [-0.1, -0.05) is 6.92 Å². The van der Waals surface area contributed by atoms with Gasteiger partial charge in [-0.25, -0.2) is 4.98 Å². The van der Waals surface area contributed by atoms with Crippen molar-refractivity contribution in [2.75, 3.05) is 6.54 Å². The summed E-state index contributed by atoms with van der Waals surface area (Å²) in [5.74, 6) is 0. The fourth-order valence-electron chi connectivity index (χ4n) is 2.04. The maximum atomic E-state index is 4.55. The summed E-state index contributed by atoms with van der Waals surface area (Å²) < 4.78 is 1.94. The molecule has 0 saturated carbocycles. The Balaban J connectivity index is 2.12. The van der Waals surface area contributed by atoms with Crippen molar-refractivity contribution in [1.29, 1.82) is 0 Å². The molecule has 0 aliphatic rings. The highest BCUT2D eigenvalue weighted by molar-refractivity contribution is 7.09. The predicted molar refractivity (Wildman–Crippen MR) is 74.8 cm³/mol. The van der Waals surface area contributed by atoms with Crippen LogP contribution in [0.4, 0.5) is 0 Å². The standard InChI is InChI=1S/C13H20N4S/c1-4-6-14-12(13-5-7-15-17(13)3)8-11-9-18-10(2)16-11/h5,7,9,12,14H,4,6,8H2,1-3H3. The smallest absolute Gasteiger partial charge is 0.0897 e. The molecule has 0 spiro atoms. The first-order valence-electron chi connectivity index (χ1n) is 6.33. The molecule has 2 aromatic rings. The van der Waals surface area contributed by atoms with Gasteiger partial charge >= 0.3 is 0 Å². The molecule has 1 unspecified atom stereocenters. The van der Waals surface area contributed by atoms with Crippen LogP contribution in [-0.2, 0) is 13.5 Å². The second kappa shape index (κ2) is 6.11. The van der Waals surface area contributed by atoms with Crippen molar-refractivity contribution in [3.05, 3.63) is 34.0 Å². The van der Waals surface area contributed by atoms with Crippen molar-refractivity contribution in [3.63, 3.8) is 0 Å². The highest BCUT2D eigenvalue weighted by Gasteiger charge is 2.16. The average Bonchev–Trinajstić information content (AvgIpc) is 2.93. The Morgan fingerprint density at radius 2 is 2.33 bits per heavy atom. The highest BCUT2D eigenvalue weighted by atomic mass is 32.1. The van der Waals surface area contributed by atoms with E-state index in [0.717, 1.165) is 30.1 Å². The lowest BCUT2D eigenvalue weighted by atomic mass is 10.1. The summed E-state index contributed by atoms with van der Waals surface area (Å²) in [6, 6.07) is 2.37. The lowest BCUT2D eigenvalue weighted by molar-refractivity contribution is 0.490. The molecular formula is C13H20N4S. The molecule has 0 aromatic carbocycles. The van der Waals surface area contributed by atoms with Gasteiger partial charge in [0, 0.05) is 25.0 Å². The third kappa shape index (κ3) is 3.17. The van der Waals surface area contributed by atoms with Gasteiger partial charge in [-0.05, 0) is 26.0 Å². The summed E-state index contributed by atoms with van der Waals surface area (Å²) in [4.78, 5) is 4.55. The van der Waals surface area contributed by atoms with Gasteiger partial charge in [0.2, 0.25) is 0 Å². The zero-order valence-corrected chi connectivity index (χ0v) is 12.0. The van der Waals surface area contributed by atoms with Crippen LogP contribution < -0.4 is 5.32 Å². The number of hydrogen-bond acceptors (Lipinski definition) is 4. The van der Waals surface area contributed by atoms with Crippen LogP contribution in [0.3, 0.4) is 0 Å². The first-order chi connectivity index (χ1) is 8.70. The van der Waals surface area contributed by atoms with Crippen LogP contribution in [0.25, 0.3) is 0 Å². The SMILES string of the molecule is CCCNC(Cc1csc(C)n1)c1ccnn1C. The molecule has 2 aromatic heterocycles. The van der Waals surface area contributed by atoms with Crippen molar-refractivity contribution in [3.8, 4) is 0 Å². The summed E-state index contributed by atoms with van der Waals surface area (Å²) in [6.07, 6.45) is 3.90. The van der Waals surface area contributed by atoms with Crippen LogP contribution in [0, 0.1) is 6.92 Å². The Labute approximate surface area is 112 Å². The minimum atomic E-state index is 0.291. The van der Waals surface area contributed by atoms with Crippen molar-refractivity contribution < 1.29 is 0 Å². The average molecular weight is 264 g/mol. The van der Waals surface area contributed by atoms with Crippen LogP contribution in [0.1, 0.15) is 35.8 Å². The van der Waals surface area contributed by atoms with E-state index < -0.39 is 0 Å². The van der Waals surface area contributed by atoms with E-state index in [1.54, 1.807) is 11.3 Å². The van der Waals surface area contributed by atoms with Gasteiger partial charge in [0.15, 0.2) is 0 Å². The number of rotatable bonds is 6. The lowest BCUT2D eigenvalue weighted by Gasteiger charge is -2.17. The lowest BCUT2D eigenvalue weighted by Crippen LogP contribution is -2.26. The monoisotopic (exact) mass is 264 g/mol. The fourth-order valence-corrected chi connectivity index (χ4v) is 2.66. The van der Waals surface area contributed by atoms with E-state index in [-0.39, 0.29) is 0 Å². The molecule has 2 rings (SSSR count). The number of thiazole rings is 1. The predicted octanol–water partition coefficient (Wildman–Crippen LogP) is 2.47. The summed E-state index contributed by atoms with van der Waals surface area (Å²) in [7, 11) is 1.99. The van der Waals surface area contributed by atoms with Gasteiger partial charge in [-0.2, -0.15) is 5.10 Å². The molecule has 98 valence electrons. The van der Waals surface area contributed by atoms with E-state index in [1.807, 2.05) is 24.9 Å². The maximum absolute atomic E-state index is 4.55. The summed E-state index contributed by atoms with van der Waals surface area (Å²) in [5, 5.41) is 11.1. The maximum Gasteiger partial charge on any atom is 0.0897 e. The Morgan fingerprint density at radius 1 is 1.50 bits per heavy atom. The number of aryl methyl sites for hydroxylation is 2. The van der Waals surface area contributed by atoms with E-state index in [2.05, 4.69) is 33.8 Å². The minimum Gasteiger partial charge on any atom is -0.308 e. The minimum absolute atomic E-state index is 0.291. The quantitative estimate of drug-likeness (QED) is 0.871. The Morgan fingerprint density at radius 3 is 2.89 bits per heavy atom. The summed E-state index contributed by atoms with van der Waals surface area (Å²) >= 11 is 1.71. The fraction of sp³-hybridized carbons (Fsp3) is 0.538. The topological polar surface area (TPSA) is 42.7 Å². The molecule has 0 fully saturated rings. The zero-order chi connectivity index (χ0) is 13.0. The van der Waals surface area contributed by atoms with Crippen LogP contribution in [0.15, 0.2) is 17.6 Å². The van der Waals surface area contributed by atoms with E-state index in [1.165, 1.54) is 5.69 Å². The van der Waals surface area contributed by atoms with Gasteiger partial charge in [0.25, 0.3) is 0 Å². The van der Waals surface area contributed by atoms with Crippen LogP contribution in [0.2, 0.25) is 0 Å². The molecular weight excluding hydrogens is 244 g/mol. The van der Waals surface area contributed by atoms with Crippen LogP contribution in [0.5, 0.6) is 0 Å². The molecule has 0 saturated heterocycles. The first-order valence-corrected chi connectivity index (χ1v) is 7.21. The molecule has 0 aliphatic carbocycles. The number of aromatic nitrogens is 3. The molecule has 4 nitrogen and oxygen atoms in total. The van der Waals surface area contributed by atoms with Crippen LogP contribution >= 0.6 is 11.3 Å². The molecule has 0 bridgehead atoms. The second-order valence-corrected chi connectivity index (χ2v) is 5.51. The van der Waals surface area contributed by atoms with E-state index in [0.29, 0.717) is 6.04 Å². The van der Waals surface area contributed by atoms with E-state index in [9.17, 15) is 0 Å². The first kappa shape index (κ1) is 13.2. The number of hydrogen-bond donors (Lipinski definition) is 1.